The van der Waals surface area contributed by atoms with Crippen molar-refractivity contribution in [3.8, 4) is 11.4 Å². The highest BCUT2D eigenvalue weighted by molar-refractivity contribution is 5.83. The lowest BCUT2D eigenvalue weighted by molar-refractivity contribution is -0.141. The van der Waals surface area contributed by atoms with Gasteiger partial charge in [-0.25, -0.2) is 9.97 Å². The smallest absolute Gasteiger partial charge is 0.325 e. The van der Waals surface area contributed by atoms with Gasteiger partial charge in [0.05, 0.1) is 0 Å². The van der Waals surface area contributed by atoms with E-state index in [4.69, 9.17) is 5.11 Å². The molecule has 0 aliphatic heterocycles. The maximum Gasteiger partial charge on any atom is 0.325 e. The van der Waals surface area contributed by atoms with Gasteiger partial charge in [-0.15, -0.1) is 0 Å². The molecule has 0 bridgehead atoms. The Kier molecular flexibility index (Phi) is 10.1. The Labute approximate surface area is 227 Å². The molecule has 6 heteroatoms. The molecule has 1 aromatic heterocycles. The third kappa shape index (κ3) is 7.75. The van der Waals surface area contributed by atoms with Crippen LogP contribution in [-0.2, 0) is 16.0 Å². The number of nitrogens with zero attached hydrogens (tertiary/aromatic N) is 2. The SMILES string of the molecule is CCCC1CCC(C2CC=C(c3cnc(-c4ccc(CCCC(=O)NC(C)C(=O)O)cc4)nc3)CC2)CC1. The van der Waals surface area contributed by atoms with E-state index in [1.54, 1.807) is 0 Å². The van der Waals surface area contributed by atoms with Crippen LogP contribution in [0, 0.1) is 17.8 Å². The molecular weight excluding hydrogens is 474 g/mol. The maximum absolute atomic E-state index is 11.9. The Balaban J connectivity index is 1.24. The second kappa shape index (κ2) is 13.7. The zero-order valence-electron chi connectivity index (χ0n) is 23.0. The van der Waals surface area contributed by atoms with Crippen molar-refractivity contribution in [2.75, 3.05) is 0 Å². The molecular formula is C32H43N3O3. The molecule has 2 N–H and O–H groups in total. The van der Waals surface area contributed by atoms with Gasteiger partial charge in [0.1, 0.15) is 6.04 Å². The fraction of sp³-hybridized carbons (Fsp3) is 0.562. The molecule has 2 aliphatic carbocycles. The van der Waals surface area contributed by atoms with Crippen molar-refractivity contribution in [3.63, 3.8) is 0 Å². The molecule has 0 radical (unpaired) electrons. The summed E-state index contributed by atoms with van der Waals surface area (Å²) in [4.78, 5) is 32.0. The zero-order chi connectivity index (χ0) is 26.9. The van der Waals surface area contributed by atoms with Crippen molar-refractivity contribution < 1.29 is 14.7 Å². The van der Waals surface area contributed by atoms with Crippen molar-refractivity contribution in [1.82, 2.24) is 15.3 Å². The molecule has 6 nitrogen and oxygen atoms in total. The minimum Gasteiger partial charge on any atom is -0.480 e. The number of amides is 1. The lowest BCUT2D eigenvalue weighted by Crippen LogP contribution is -2.38. The number of carboxylic acids is 1. The van der Waals surface area contributed by atoms with Gasteiger partial charge in [0.25, 0.3) is 0 Å². The number of benzene rings is 1. The topological polar surface area (TPSA) is 92.2 Å². The number of hydrogen-bond acceptors (Lipinski definition) is 4. The molecule has 1 saturated carbocycles. The summed E-state index contributed by atoms with van der Waals surface area (Å²) in [5.74, 6) is 2.21. The van der Waals surface area contributed by atoms with Crippen LogP contribution in [0.1, 0.15) is 95.6 Å². The molecule has 4 rings (SSSR count). The van der Waals surface area contributed by atoms with Crippen molar-refractivity contribution >= 4 is 17.4 Å². The van der Waals surface area contributed by atoms with Crippen LogP contribution < -0.4 is 5.32 Å². The zero-order valence-corrected chi connectivity index (χ0v) is 23.0. The van der Waals surface area contributed by atoms with E-state index in [1.807, 2.05) is 36.7 Å². The first-order chi connectivity index (χ1) is 18.4. The van der Waals surface area contributed by atoms with Crippen LogP contribution >= 0.6 is 0 Å². The van der Waals surface area contributed by atoms with Crippen LogP contribution in [0.4, 0.5) is 0 Å². The molecule has 1 aromatic carbocycles. The first-order valence-corrected chi connectivity index (χ1v) is 14.6. The summed E-state index contributed by atoms with van der Waals surface area (Å²) < 4.78 is 0. The van der Waals surface area contributed by atoms with Crippen LogP contribution in [0.15, 0.2) is 42.7 Å². The molecule has 1 amide bonds. The van der Waals surface area contributed by atoms with Crippen LogP contribution in [-0.4, -0.2) is 33.0 Å². The Hall–Kier alpha value is -3.02. The predicted molar refractivity (Wildman–Crippen MR) is 151 cm³/mol. The Bertz CT molecular complexity index is 1090. The maximum atomic E-state index is 11.9. The largest absolute Gasteiger partial charge is 0.480 e. The summed E-state index contributed by atoms with van der Waals surface area (Å²) in [7, 11) is 0. The van der Waals surface area contributed by atoms with Gasteiger partial charge in [0.2, 0.25) is 5.91 Å². The number of allylic oxidation sites excluding steroid dienone is 2. The monoisotopic (exact) mass is 517 g/mol. The average molecular weight is 518 g/mol. The first kappa shape index (κ1) is 28.0. The van der Waals surface area contributed by atoms with Gasteiger partial charge in [0.15, 0.2) is 5.82 Å². The van der Waals surface area contributed by atoms with Gasteiger partial charge >= 0.3 is 5.97 Å². The summed E-state index contributed by atoms with van der Waals surface area (Å²) in [6, 6.07) is 7.28. The standard InChI is InChI=1S/C32H43N3O3/c1-3-5-23-8-12-25(13-9-23)26-16-18-27(19-17-26)29-20-33-31(34-21-29)28-14-10-24(11-15-28)6-4-7-30(36)35-22(2)32(37)38/h10-11,14-15,18,20-23,25-26H,3-9,12-13,16-17,19H2,1-2H3,(H,35,36)(H,37,38). The van der Waals surface area contributed by atoms with E-state index in [2.05, 4.69) is 28.3 Å². The lowest BCUT2D eigenvalue weighted by atomic mass is 9.70. The van der Waals surface area contributed by atoms with Crippen molar-refractivity contribution in [2.24, 2.45) is 17.8 Å². The fourth-order valence-electron chi connectivity index (χ4n) is 6.19. The molecule has 2 aliphatic rings. The van der Waals surface area contributed by atoms with Crippen molar-refractivity contribution in [1.29, 1.82) is 0 Å². The summed E-state index contributed by atoms with van der Waals surface area (Å²) in [5, 5.41) is 11.4. The van der Waals surface area contributed by atoms with Crippen LogP contribution in [0.25, 0.3) is 17.0 Å². The highest BCUT2D eigenvalue weighted by atomic mass is 16.4. The molecule has 2 atom stereocenters. The molecule has 2 unspecified atom stereocenters. The van der Waals surface area contributed by atoms with Crippen molar-refractivity contribution in [3.05, 3.63) is 53.9 Å². The normalized spacial score (nSPS) is 22.4. The highest BCUT2D eigenvalue weighted by Gasteiger charge is 2.28. The van der Waals surface area contributed by atoms with Crippen LogP contribution in [0.3, 0.4) is 0 Å². The minimum atomic E-state index is -1.02. The summed E-state index contributed by atoms with van der Waals surface area (Å²) in [6.07, 6.45) is 20.2. The number of aryl methyl sites for hydroxylation is 1. The number of rotatable bonds is 11. The third-order valence-corrected chi connectivity index (χ3v) is 8.56. The van der Waals surface area contributed by atoms with Gasteiger partial charge in [-0.05, 0) is 80.8 Å². The number of aromatic nitrogens is 2. The molecule has 204 valence electrons. The van der Waals surface area contributed by atoms with Gasteiger partial charge in [-0.1, -0.05) is 62.9 Å². The van der Waals surface area contributed by atoms with E-state index in [-0.39, 0.29) is 5.91 Å². The molecule has 1 fully saturated rings. The second-order valence-corrected chi connectivity index (χ2v) is 11.3. The van der Waals surface area contributed by atoms with E-state index >= 15 is 0 Å². The minimum absolute atomic E-state index is 0.233. The van der Waals surface area contributed by atoms with Gasteiger partial charge in [0, 0.05) is 29.9 Å². The van der Waals surface area contributed by atoms with E-state index in [9.17, 15) is 9.59 Å². The number of carbonyl (C=O) groups is 2. The summed E-state index contributed by atoms with van der Waals surface area (Å²) in [6.45, 7) is 3.78. The first-order valence-electron chi connectivity index (χ1n) is 14.6. The van der Waals surface area contributed by atoms with Crippen LogP contribution in [0.5, 0.6) is 0 Å². The molecule has 2 aromatic rings. The van der Waals surface area contributed by atoms with E-state index in [0.29, 0.717) is 12.8 Å². The quantitative estimate of drug-likeness (QED) is 0.340. The van der Waals surface area contributed by atoms with E-state index in [0.717, 1.165) is 53.1 Å². The van der Waals surface area contributed by atoms with Gasteiger partial charge in [-0.2, -0.15) is 0 Å². The number of nitrogens with one attached hydrogen (secondary N) is 1. The molecule has 1 heterocycles. The van der Waals surface area contributed by atoms with Crippen LogP contribution in [0.2, 0.25) is 0 Å². The highest BCUT2D eigenvalue weighted by Crippen LogP contribution is 2.42. The number of carbonyl (C=O) groups excluding carboxylic acids is 1. The van der Waals surface area contributed by atoms with E-state index < -0.39 is 12.0 Å². The average Bonchev–Trinajstić information content (AvgIpc) is 2.94. The Morgan fingerprint density at radius 2 is 1.71 bits per heavy atom. The predicted octanol–water partition coefficient (Wildman–Crippen LogP) is 6.85. The second-order valence-electron chi connectivity index (χ2n) is 11.3. The summed E-state index contributed by atoms with van der Waals surface area (Å²) >= 11 is 0. The molecule has 38 heavy (non-hydrogen) atoms. The number of hydrogen-bond donors (Lipinski definition) is 2. The van der Waals surface area contributed by atoms with Crippen molar-refractivity contribution in [2.45, 2.75) is 96.9 Å². The van der Waals surface area contributed by atoms with E-state index in [1.165, 1.54) is 63.9 Å². The van der Waals surface area contributed by atoms with Gasteiger partial charge < -0.3 is 10.4 Å². The molecule has 0 spiro atoms. The number of carboxylic acid groups (broad SMARTS) is 1. The summed E-state index contributed by atoms with van der Waals surface area (Å²) in [5.41, 5.74) is 4.64. The fourth-order valence-corrected chi connectivity index (χ4v) is 6.19. The Morgan fingerprint density at radius 3 is 2.32 bits per heavy atom. The Morgan fingerprint density at radius 1 is 1.00 bits per heavy atom. The molecule has 0 saturated heterocycles. The van der Waals surface area contributed by atoms with Gasteiger partial charge in [-0.3, -0.25) is 9.59 Å². The number of aliphatic carboxylic acids is 1. The third-order valence-electron chi connectivity index (χ3n) is 8.56. The lowest BCUT2D eigenvalue weighted by Gasteiger charge is -2.35.